The Morgan fingerprint density at radius 1 is 0.794 bits per heavy atom. The zero-order valence-electron chi connectivity index (χ0n) is 18.7. The zero-order chi connectivity index (χ0) is 23.9. The average molecular weight is 457 g/mol. The molecule has 0 aliphatic heterocycles. The van der Waals surface area contributed by atoms with Crippen molar-refractivity contribution in [3.05, 3.63) is 90.3 Å². The van der Waals surface area contributed by atoms with E-state index in [0.717, 1.165) is 11.0 Å². The summed E-state index contributed by atoms with van der Waals surface area (Å²) in [6, 6.07) is 23.6. The van der Waals surface area contributed by atoms with Gasteiger partial charge in [-0.25, -0.2) is 4.98 Å². The first kappa shape index (κ1) is 22.7. The summed E-state index contributed by atoms with van der Waals surface area (Å²) in [6.45, 7) is 1.83. The van der Waals surface area contributed by atoms with Crippen LogP contribution in [-0.4, -0.2) is 27.1 Å². The Bertz CT molecular complexity index is 1310. The Morgan fingerprint density at radius 3 is 2.21 bits per heavy atom. The lowest BCUT2D eigenvalue weighted by atomic mass is 10.1. The van der Waals surface area contributed by atoms with Gasteiger partial charge in [0.25, 0.3) is 5.91 Å². The van der Waals surface area contributed by atoms with E-state index >= 15 is 0 Å². The molecule has 1 aromatic heterocycles. The fourth-order valence-electron chi connectivity index (χ4n) is 3.49. The third-order valence-electron chi connectivity index (χ3n) is 5.22. The summed E-state index contributed by atoms with van der Waals surface area (Å²) in [5.41, 5.74) is 6.88. The number of ketones is 1. The van der Waals surface area contributed by atoms with Crippen LogP contribution in [-0.2, 0) is 16.1 Å². The van der Waals surface area contributed by atoms with Gasteiger partial charge in [0.1, 0.15) is 23.9 Å². The highest BCUT2D eigenvalue weighted by Crippen LogP contribution is 2.21. The number of imidazole rings is 1. The van der Waals surface area contributed by atoms with Crippen molar-refractivity contribution in [1.29, 1.82) is 0 Å². The lowest BCUT2D eigenvalue weighted by Gasteiger charge is -2.10. The van der Waals surface area contributed by atoms with E-state index in [1.54, 1.807) is 28.8 Å². The second kappa shape index (κ2) is 10.4. The highest BCUT2D eigenvalue weighted by atomic mass is 16.5. The number of fused-ring (bicyclic) bond motifs is 1. The van der Waals surface area contributed by atoms with Gasteiger partial charge >= 0.3 is 0 Å². The van der Waals surface area contributed by atoms with Gasteiger partial charge in [0.05, 0.1) is 11.0 Å². The van der Waals surface area contributed by atoms with Crippen LogP contribution in [0, 0.1) is 6.92 Å². The van der Waals surface area contributed by atoms with E-state index in [-0.39, 0.29) is 31.1 Å². The molecule has 0 radical (unpaired) electrons. The van der Waals surface area contributed by atoms with E-state index in [0.29, 0.717) is 22.9 Å². The number of benzene rings is 3. The van der Waals surface area contributed by atoms with Crippen LogP contribution in [0.15, 0.2) is 78.9 Å². The average Bonchev–Trinajstić information content (AvgIpc) is 3.17. The molecular weight excluding hydrogens is 432 g/mol. The molecule has 1 heterocycles. The Kier molecular flexibility index (Phi) is 6.98. The molecule has 4 rings (SSSR count). The maximum absolute atomic E-state index is 12.4. The predicted octanol–water partition coefficient (Wildman–Crippen LogP) is 3.95. The number of hydrogen-bond donors (Lipinski definition) is 2. The minimum Gasteiger partial charge on any atom is -0.457 e. The summed E-state index contributed by atoms with van der Waals surface area (Å²) in [5.74, 6) is 1.01. The minimum absolute atomic E-state index is 0.0168. The molecule has 8 heteroatoms. The molecule has 0 fully saturated rings. The van der Waals surface area contributed by atoms with E-state index in [9.17, 15) is 14.4 Å². The number of rotatable bonds is 8. The Labute approximate surface area is 196 Å². The number of ether oxygens (including phenoxy) is 1. The molecule has 8 nitrogen and oxygen atoms in total. The fraction of sp³-hybridized carbons (Fsp3) is 0.154. The van der Waals surface area contributed by atoms with E-state index in [2.05, 4.69) is 15.8 Å². The van der Waals surface area contributed by atoms with Crippen LogP contribution >= 0.6 is 0 Å². The van der Waals surface area contributed by atoms with E-state index in [1.165, 1.54) is 0 Å². The lowest BCUT2D eigenvalue weighted by molar-refractivity contribution is -0.129. The third kappa shape index (κ3) is 5.66. The first-order valence-corrected chi connectivity index (χ1v) is 10.9. The predicted molar refractivity (Wildman–Crippen MR) is 127 cm³/mol. The number of para-hydroxylation sites is 3. The molecule has 3 aromatic carbocycles. The standard InChI is InChI=1S/C26H24N4O4/c1-18-27-22-9-5-6-10-23(22)30(18)17-26(33)29-28-25(32)16-15-24(31)19-11-13-21(14-12-19)34-20-7-3-2-4-8-20/h2-14H,15-17H2,1H3,(H,28,32)(H,29,33). The number of aryl methyl sites for hydroxylation is 1. The number of nitrogens with one attached hydrogen (secondary N) is 2. The summed E-state index contributed by atoms with van der Waals surface area (Å²) < 4.78 is 7.48. The molecule has 34 heavy (non-hydrogen) atoms. The number of nitrogens with zero attached hydrogens (tertiary/aromatic N) is 2. The number of hydrogen-bond acceptors (Lipinski definition) is 5. The van der Waals surface area contributed by atoms with Crippen LogP contribution in [0.25, 0.3) is 11.0 Å². The molecule has 0 bridgehead atoms. The van der Waals surface area contributed by atoms with Gasteiger partial charge in [-0.3, -0.25) is 25.2 Å². The monoisotopic (exact) mass is 456 g/mol. The maximum Gasteiger partial charge on any atom is 0.258 e. The normalized spacial score (nSPS) is 10.6. The van der Waals surface area contributed by atoms with Gasteiger partial charge in [-0.05, 0) is 55.5 Å². The number of hydrazine groups is 1. The van der Waals surface area contributed by atoms with Gasteiger partial charge in [-0.2, -0.15) is 0 Å². The highest BCUT2D eigenvalue weighted by molar-refractivity contribution is 5.98. The Balaban J connectivity index is 1.22. The highest BCUT2D eigenvalue weighted by Gasteiger charge is 2.13. The van der Waals surface area contributed by atoms with E-state index in [4.69, 9.17) is 4.74 Å². The van der Waals surface area contributed by atoms with Crippen molar-refractivity contribution in [2.45, 2.75) is 26.3 Å². The van der Waals surface area contributed by atoms with Gasteiger partial charge in [0.15, 0.2) is 5.78 Å². The largest absolute Gasteiger partial charge is 0.457 e. The van der Waals surface area contributed by atoms with Crippen molar-refractivity contribution >= 4 is 28.6 Å². The second-order valence-electron chi connectivity index (χ2n) is 7.69. The molecule has 2 N–H and O–H groups in total. The maximum atomic E-state index is 12.4. The van der Waals surface area contributed by atoms with Crippen LogP contribution in [0.4, 0.5) is 0 Å². The van der Waals surface area contributed by atoms with Crippen molar-refractivity contribution in [3.63, 3.8) is 0 Å². The molecule has 4 aromatic rings. The molecule has 2 amide bonds. The second-order valence-corrected chi connectivity index (χ2v) is 7.69. The van der Waals surface area contributed by atoms with Crippen LogP contribution < -0.4 is 15.6 Å². The first-order valence-electron chi connectivity index (χ1n) is 10.9. The van der Waals surface area contributed by atoms with Crippen LogP contribution in [0.1, 0.15) is 29.0 Å². The number of aromatic nitrogens is 2. The number of amides is 2. The molecule has 172 valence electrons. The number of carbonyl (C=O) groups excluding carboxylic acids is 3. The minimum atomic E-state index is -0.446. The number of Topliss-reactive ketones (excluding diaryl/α,β-unsaturated/α-hetero) is 1. The SMILES string of the molecule is Cc1nc2ccccc2n1CC(=O)NNC(=O)CCC(=O)c1ccc(Oc2ccccc2)cc1. The zero-order valence-corrected chi connectivity index (χ0v) is 18.7. The fourth-order valence-corrected chi connectivity index (χ4v) is 3.49. The van der Waals surface area contributed by atoms with E-state index in [1.807, 2.05) is 61.5 Å². The van der Waals surface area contributed by atoms with Gasteiger partial charge in [-0.15, -0.1) is 0 Å². The summed E-state index contributed by atoms with van der Waals surface area (Å²) in [4.78, 5) is 41.2. The van der Waals surface area contributed by atoms with Crippen molar-refractivity contribution in [1.82, 2.24) is 20.4 Å². The molecule has 0 aliphatic carbocycles. The Morgan fingerprint density at radius 2 is 1.44 bits per heavy atom. The summed E-state index contributed by atoms with van der Waals surface area (Å²) >= 11 is 0. The smallest absolute Gasteiger partial charge is 0.258 e. The molecule has 0 saturated heterocycles. The molecular formula is C26H24N4O4. The summed E-state index contributed by atoms with van der Waals surface area (Å²) in [5, 5.41) is 0. The molecule has 0 unspecified atom stereocenters. The topological polar surface area (TPSA) is 102 Å². The summed E-state index contributed by atoms with van der Waals surface area (Å²) in [6.07, 6.45) is -0.0275. The van der Waals surface area contributed by atoms with Crippen molar-refractivity contribution in [2.24, 2.45) is 0 Å². The van der Waals surface area contributed by atoms with Gasteiger partial charge in [-0.1, -0.05) is 30.3 Å². The van der Waals surface area contributed by atoms with Crippen LogP contribution in [0.5, 0.6) is 11.5 Å². The molecule has 0 saturated carbocycles. The van der Waals surface area contributed by atoms with Crippen LogP contribution in [0.3, 0.4) is 0 Å². The van der Waals surface area contributed by atoms with Crippen molar-refractivity contribution in [3.8, 4) is 11.5 Å². The van der Waals surface area contributed by atoms with Crippen molar-refractivity contribution < 1.29 is 19.1 Å². The molecule has 0 atom stereocenters. The molecule has 0 aliphatic rings. The Hall–Kier alpha value is -4.46. The lowest BCUT2D eigenvalue weighted by Crippen LogP contribution is -2.43. The summed E-state index contributed by atoms with van der Waals surface area (Å²) in [7, 11) is 0. The quantitative estimate of drug-likeness (QED) is 0.309. The van der Waals surface area contributed by atoms with Crippen molar-refractivity contribution in [2.75, 3.05) is 0 Å². The van der Waals surface area contributed by atoms with Crippen LogP contribution in [0.2, 0.25) is 0 Å². The van der Waals surface area contributed by atoms with Gasteiger partial charge in [0.2, 0.25) is 5.91 Å². The van der Waals surface area contributed by atoms with E-state index < -0.39 is 5.91 Å². The number of carbonyl (C=O) groups is 3. The van der Waals surface area contributed by atoms with Gasteiger partial charge in [0, 0.05) is 18.4 Å². The molecule has 0 spiro atoms. The third-order valence-corrected chi connectivity index (χ3v) is 5.22. The first-order chi connectivity index (χ1) is 16.5. The van der Waals surface area contributed by atoms with Gasteiger partial charge < -0.3 is 9.30 Å².